The molecule has 0 radical (unpaired) electrons. The van der Waals surface area contributed by atoms with Crippen LogP contribution in [0.4, 0.5) is 10.5 Å². The van der Waals surface area contributed by atoms with Crippen molar-refractivity contribution in [2.75, 3.05) is 6.54 Å². The van der Waals surface area contributed by atoms with Crippen molar-refractivity contribution in [1.82, 2.24) is 4.90 Å². The summed E-state index contributed by atoms with van der Waals surface area (Å²) in [5, 5.41) is 0. The van der Waals surface area contributed by atoms with Gasteiger partial charge in [0.15, 0.2) is 0 Å². The van der Waals surface area contributed by atoms with E-state index in [1.165, 1.54) is 5.56 Å². The van der Waals surface area contributed by atoms with Crippen molar-refractivity contribution in [3.05, 3.63) is 29.3 Å². The van der Waals surface area contributed by atoms with E-state index in [2.05, 4.69) is 49.3 Å². The summed E-state index contributed by atoms with van der Waals surface area (Å²) in [4.78, 5) is 19.3. The van der Waals surface area contributed by atoms with Crippen LogP contribution in [-0.4, -0.2) is 43.0 Å². The molecule has 0 saturated carbocycles. The first-order valence-corrected chi connectivity index (χ1v) is 13.2. The van der Waals surface area contributed by atoms with Gasteiger partial charge in [0.1, 0.15) is 13.7 Å². The van der Waals surface area contributed by atoms with Crippen molar-refractivity contribution >= 4 is 25.6 Å². The van der Waals surface area contributed by atoms with Crippen LogP contribution < -0.4 is 0 Å². The van der Waals surface area contributed by atoms with Gasteiger partial charge in [0, 0.05) is 24.2 Å². The van der Waals surface area contributed by atoms with Crippen molar-refractivity contribution < 1.29 is 9.53 Å². The maximum atomic E-state index is 12.6. The van der Waals surface area contributed by atoms with E-state index in [-0.39, 0.29) is 12.1 Å². The molecule has 1 aromatic carbocycles. The Morgan fingerprint density at radius 2 is 2.04 bits per heavy atom. The van der Waals surface area contributed by atoms with Gasteiger partial charge in [-0.25, -0.2) is 4.79 Å². The van der Waals surface area contributed by atoms with Gasteiger partial charge < -0.3 is 4.74 Å². The minimum atomic E-state index is -1.39. The van der Waals surface area contributed by atoms with Crippen LogP contribution in [0.2, 0.25) is 19.6 Å². The lowest BCUT2D eigenvalue weighted by Gasteiger charge is -2.28. The SMILES string of the molecule is CC(C)(C)OC(=O)N1CCC[C@H]1C1=Nc2ccc(C#C[Si](C)(C)C)cc2C1. The summed E-state index contributed by atoms with van der Waals surface area (Å²) in [6, 6.07) is 6.32. The highest BCUT2D eigenvalue weighted by molar-refractivity contribution is 6.83. The summed E-state index contributed by atoms with van der Waals surface area (Å²) >= 11 is 0. The fourth-order valence-electron chi connectivity index (χ4n) is 3.41. The molecule has 1 atom stereocenters. The summed E-state index contributed by atoms with van der Waals surface area (Å²) in [6.45, 7) is 13.2. The number of fused-ring (bicyclic) bond motifs is 1. The third-order valence-electron chi connectivity index (χ3n) is 4.56. The predicted octanol–water partition coefficient (Wildman–Crippen LogP) is 4.94. The number of ether oxygens (including phenoxy) is 1. The third kappa shape index (κ3) is 5.01. The van der Waals surface area contributed by atoms with Crippen LogP contribution in [0.3, 0.4) is 0 Å². The molecule has 0 bridgehead atoms. The number of amides is 1. The van der Waals surface area contributed by atoms with E-state index in [1.54, 1.807) is 0 Å². The Kier molecular flexibility index (Phi) is 5.22. The maximum absolute atomic E-state index is 12.6. The third-order valence-corrected chi connectivity index (χ3v) is 5.44. The lowest BCUT2D eigenvalue weighted by atomic mass is 10.0. The van der Waals surface area contributed by atoms with Gasteiger partial charge in [-0.1, -0.05) is 25.6 Å². The van der Waals surface area contributed by atoms with Gasteiger partial charge in [-0.15, -0.1) is 5.54 Å². The maximum Gasteiger partial charge on any atom is 0.410 e. The number of hydrogen-bond donors (Lipinski definition) is 0. The molecule has 144 valence electrons. The molecule has 0 spiro atoms. The largest absolute Gasteiger partial charge is 0.444 e. The molecule has 4 nitrogen and oxygen atoms in total. The zero-order valence-corrected chi connectivity index (χ0v) is 18.3. The van der Waals surface area contributed by atoms with Gasteiger partial charge >= 0.3 is 6.09 Å². The highest BCUT2D eigenvalue weighted by Crippen LogP contribution is 2.32. The number of likely N-dealkylation sites (tertiary alicyclic amines) is 1. The Balaban J connectivity index is 1.75. The van der Waals surface area contributed by atoms with Crippen molar-refractivity contribution in [3.63, 3.8) is 0 Å². The summed E-state index contributed by atoms with van der Waals surface area (Å²) in [7, 11) is -1.39. The smallest absolute Gasteiger partial charge is 0.410 e. The van der Waals surface area contributed by atoms with Crippen LogP contribution in [0.25, 0.3) is 0 Å². The first-order valence-electron chi connectivity index (χ1n) is 9.75. The fraction of sp³-hybridized carbons (Fsp3) is 0.545. The summed E-state index contributed by atoms with van der Waals surface area (Å²) in [5.41, 5.74) is 7.30. The van der Waals surface area contributed by atoms with E-state index >= 15 is 0 Å². The van der Waals surface area contributed by atoms with Crippen molar-refractivity contribution in [3.8, 4) is 11.5 Å². The van der Waals surface area contributed by atoms with E-state index in [4.69, 9.17) is 9.73 Å². The molecule has 3 rings (SSSR count). The van der Waals surface area contributed by atoms with E-state index < -0.39 is 13.7 Å². The second-order valence-corrected chi connectivity index (χ2v) is 14.2. The first kappa shape index (κ1) is 19.7. The Labute approximate surface area is 164 Å². The number of carbonyl (C=O) groups is 1. The summed E-state index contributed by atoms with van der Waals surface area (Å²) in [5.74, 6) is 3.33. The number of aliphatic imine (C=N–C) groups is 1. The Hall–Kier alpha value is -2.06. The van der Waals surface area contributed by atoms with E-state index in [0.29, 0.717) is 0 Å². The molecule has 1 fully saturated rings. The van der Waals surface area contributed by atoms with Crippen LogP contribution in [-0.2, 0) is 11.2 Å². The molecule has 2 aliphatic heterocycles. The average molecular weight is 383 g/mol. The zero-order chi connectivity index (χ0) is 19.8. The molecule has 1 saturated heterocycles. The highest BCUT2D eigenvalue weighted by Gasteiger charge is 2.36. The van der Waals surface area contributed by atoms with E-state index in [1.807, 2.05) is 25.7 Å². The van der Waals surface area contributed by atoms with Gasteiger partial charge in [0.05, 0.1) is 11.7 Å². The molecular weight excluding hydrogens is 352 g/mol. The number of benzene rings is 1. The standard InChI is InChI=1S/C22H30N2O2Si/c1-22(2,3)26-21(25)24-12-7-8-20(24)19-15-17-14-16(9-10-18(17)23-19)11-13-27(4,5)6/h9-10,14,20H,7-8,12,15H2,1-6H3/t20-/m0/s1. The molecule has 2 heterocycles. The molecule has 0 aliphatic carbocycles. The molecule has 0 unspecified atom stereocenters. The minimum Gasteiger partial charge on any atom is -0.444 e. The molecule has 0 N–H and O–H groups in total. The van der Waals surface area contributed by atoms with Crippen LogP contribution in [0.1, 0.15) is 44.7 Å². The average Bonchev–Trinajstić information content (AvgIpc) is 3.16. The Morgan fingerprint density at radius 1 is 1.30 bits per heavy atom. The lowest BCUT2D eigenvalue weighted by molar-refractivity contribution is 0.0265. The molecule has 1 aromatic rings. The quantitative estimate of drug-likeness (QED) is 0.510. The number of hydrogen-bond acceptors (Lipinski definition) is 3. The van der Waals surface area contributed by atoms with Crippen molar-refractivity contribution in [2.24, 2.45) is 4.99 Å². The van der Waals surface area contributed by atoms with Crippen molar-refractivity contribution in [1.29, 1.82) is 0 Å². The Bertz CT molecular complexity index is 835. The normalized spacial score (nSPS) is 19.3. The summed E-state index contributed by atoms with van der Waals surface area (Å²) in [6.07, 6.45) is 2.51. The van der Waals surface area contributed by atoms with E-state index in [0.717, 1.165) is 42.8 Å². The summed E-state index contributed by atoms with van der Waals surface area (Å²) < 4.78 is 5.59. The Morgan fingerprint density at radius 3 is 2.70 bits per heavy atom. The second-order valence-electron chi connectivity index (χ2n) is 9.46. The van der Waals surface area contributed by atoms with Crippen LogP contribution >= 0.6 is 0 Å². The highest BCUT2D eigenvalue weighted by atomic mass is 28.3. The number of carbonyl (C=O) groups excluding carboxylic acids is 1. The number of nitrogens with zero attached hydrogens (tertiary/aromatic N) is 2. The minimum absolute atomic E-state index is 0.0452. The van der Waals surface area contributed by atoms with Crippen LogP contribution in [0.5, 0.6) is 0 Å². The van der Waals surface area contributed by atoms with E-state index in [9.17, 15) is 4.79 Å². The molecule has 1 amide bonds. The van der Waals surface area contributed by atoms with Gasteiger partial charge in [-0.2, -0.15) is 0 Å². The molecule has 2 aliphatic rings. The number of rotatable bonds is 1. The fourth-order valence-corrected chi connectivity index (χ4v) is 3.93. The monoisotopic (exact) mass is 382 g/mol. The molecule has 5 heteroatoms. The lowest BCUT2D eigenvalue weighted by Crippen LogP contribution is -2.43. The van der Waals surface area contributed by atoms with Crippen LogP contribution in [0.15, 0.2) is 23.2 Å². The second kappa shape index (κ2) is 7.16. The van der Waals surface area contributed by atoms with Gasteiger partial charge in [-0.05, 0) is 57.4 Å². The predicted molar refractivity (Wildman–Crippen MR) is 113 cm³/mol. The van der Waals surface area contributed by atoms with Gasteiger partial charge in [0.2, 0.25) is 0 Å². The zero-order valence-electron chi connectivity index (χ0n) is 17.3. The van der Waals surface area contributed by atoms with Crippen molar-refractivity contribution in [2.45, 2.75) is 71.3 Å². The van der Waals surface area contributed by atoms with Gasteiger partial charge in [0.25, 0.3) is 0 Å². The molecule has 27 heavy (non-hydrogen) atoms. The topological polar surface area (TPSA) is 41.9 Å². The first-order chi connectivity index (χ1) is 12.5. The molecular formula is C22H30N2O2Si. The van der Waals surface area contributed by atoms with Gasteiger partial charge in [-0.3, -0.25) is 9.89 Å². The molecule has 0 aromatic heterocycles. The van der Waals surface area contributed by atoms with Crippen LogP contribution in [0, 0.1) is 11.5 Å².